The number of sulfonamides is 1. The highest BCUT2D eigenvalue weighted by Crippen LogP contribution is 2.22. The predicted molar refractivity (Wildman–Crippen MR) is 80.7 cm³/mol. The second-order valence-corrected chi connectivity index (χ2v) is 6.38. The number of likely N-dealkylation sites (N-methyl/N-ethyl adjacent to an activating group) is 1. The summed E-state index contributed by atoms with van der Waals surface area (Å²) in [7, 11) is -3.90. The van der Waals surface area contributed by atoms with Crippen LogP contribution in [0.25, 0.3) is 0 Å². The van der Waals surface area contributed by atoms with Gasteiger partial charge in [0.25, 0.3) is 5.69 Å². The topological polar surface area (TPSA) is 92.6 Å². The zero-order chi connectivity index (χ0) is 16.0. The molecule has 0 aliphatic heterocycles. The molecule has 7 nitrogen and oxygen atoms in total. The Morgan fingerprint density at radius 1 is 1.29 bits per heavy atom. The monoisotopic (exact) mass is 315 g/mol. The molecule has 1 unspecified atom stereocenters. The first-order chi connectivity index (χ1) is 9.83. The number of para-hydroxylation sites is 1. The number of nitrogens with zero attached hydrogens (tertiary/aromatic N) is 2. The van der Waals surface area contributed by atoms with Gasteiger partial charge in [-0.3, -0.25) is 15.0 Å². The number of nitro groups is 1. The second-order valence-electron chi connectivity index (χ2n) is 4.65. The lowest BCUT2D eigenvalue weighted by Gasteiger charge is -2.26. The van der Waals surface area contributed by atoms with Crippen LogP contribution in [-0.4, -0.2) is 43.9 Å². The molecule has 0 fully saturated rings. The Bertz CT molecular complexity index is 585. The van der Waals surface area contributed by atoms with Gasteiger partial charge >= 0.3 is 0 Å². The van der Waals surface area contributed by atoms with E-state index in [0.717, 1.165) is 13.1 Å². The summed E-state index contributed by atoms with van der Waals surface area (Å²) in [6, 6.07) is 5.34. The minimum atomic E-state index is -3.90. The van der Waals surface area contributed by atoms with E-state index >= 15 is 0 Å². The van der Waals surface area contributed by atoms with Gasteiger partial charge in [-0.25, -0.2) is 13.1 Å². The van der Waals surface area contributed by atoms with Crippen molar-refractivity contribution in [1.82, 2.24) is 9.62 Å². The Labute approximate surface area is 125 Å². The first kappa shape index (κ1) is 17.5. The van der Waals surface area contributed by atoms with Crippen molar-refractivity contribution in [1.29, 1.82) is 0 Å². The third-order valence-corrected chi connectivity index (χ3v) is 4.83. The van der Waals surface area contributed by atoms with Crippen molar-refractivity contribution in [2.45, 2.75) is 31.7 Å². The molecule has 1 atom stereocenters. The molecule has 1 rings (SSSR count). The van der Waals surface area contributed by atoms with Gasteiger partial charge in [0, 0.05) is 18.7 Å². The van der Waals surface area contributed by atoms with Crippen LogP contribution in [0.15, 0.2) is 29.2 Å². The van der Waals surface area contributed by atoms with Crippen molar-refractivity contribution in [2.24, 2.45) is 0 Å². The summed E-state index contributed by atoms with van der Waals surface area (Å²) in [6.45, 7) is 7.73. The quantitative estimate of drug-likeness (QED) is 0.581. The minimum absolute atomic E-state index is 0.0116. The van der Waals surface area contributed by atoms with Gasteiger partial charge in [-0.15, -0.1) is 0 Å². The second kappa shape index (κ2) is 7.48. The van der Waals surface area contributed by atoms with Crippen LogP contribution in [0, 0.1) is 10.1 Å². The molecule has 0 heterocycles. The van der Waals surface area contributed by atoms with Crippen LogP contribution in [0.3, 0.4) is 0 Å². The molecule has 0 bridgehead atoms. The van der Waals surface area contributed by atoms with Crippen molar-refractivity contribution >= 4 is 15.7 Å². The Hall–Kier alpha value is -1.51. The van der Waals surface area contributed by atoms with Gasteiger partial charge in [-0.1, -0.05) is 26.0 Å². The lowest BCUT2D eigenvalue weighted by atomic mass is 10.3. The molecule has 0 saturated heterocycles. The van der Waals surface area contributed by atoms with E-state index < -0.39 is 20.6 Å². The zero-order valence-electron chi connectivity index (χ0n) is 12.4. The summed E-state index contributed by atoms with van der Waals surface area (Å²) in [5, 5.41) is 10.9. The highest BCUT2D eigenvalue weighted by molar-refractivity contribution is 7.89. The molecule has 1 aromatic carbocycles. The average molecular weight is 315 g/mol. The Balaban J connectivity index is 2.91. The third-order valence-electron chi connectivity index (χ3n) is 3.36. The zero-order valence-corrected chi connectivity index (χ0v) is 13.3. The molecular formula is C13H21N3O4S. The van der Waals surface area contributed by atoms with Gasteiger partial charge in [-0.05, 0) is 26.1 Å². The summed E-state index contributed by atoms with van der Waals surface area (Å²) < 4.78 is 26.9. The third kappa shape index (κ3) is 4.48. The molecule has 21 heavy (non-hydrogen) atoms. The van der Waals surface area contributed by atoms with Crippen LogP contribution in [0.2, 0.25) is 0 Å². The smallest absolute Gasteiger partial charge is 0.289 e. The SMILES string of the molecule is CCN(CC)C(C)CNS(=O)(=O)c1ccccc1[N+](=O)[O-]. The van der Waals surface area contributed by atoms with Crippen LogP contribution in [0.4, 0.5) is 5.69 Å². The van der Waals surface area contributed by atoms with Gasteiger partial charge < -0.3 is 0 Å². The fourth-order valence-electron chi connectivity index (χ4n) is 2.12. The largest absolute Gasteiger partial charge is 0.300 e. The van der Waals surface area contributed by atoms with E-state index in [2.05, 4.69) is 9.62 Å². The van der Waals surface area contributed by atoms with Crippen molar-refractivity contribution in [3.05, 3.63) is 34.4 Å². The molecule has 0 aliphatic rings. The van der Waals surface area contributed by atoms with Crippen LogP contribution < -0.4 is 4.72 Å². The Kier molecular flexibility index (Phi) is 6.25. The molecule has 0 aliphatic carbocycles. The highest BCUT2D eigenvalue weighted by Gasteiger charge is 2.25. The number of hydrogen-bond donors (Lipinski definition) is 1. The van der Waals surface area contributed by atoms with Gasteiger partial charge in [0.2, 0.25) is 10.0 Å². The van der Waals surface area contributed by atoms with Crippen molar-refractivity contribution in [2.75, 3.05) is 19.6 Å². The van der Waals surface area contributed by atoms with E-state index in [4.69, 9.17) is 0 Å². The van der Waals surface area contributed by atoms with Gasteiger partial charge in [0.1, 0.15) is 0 Å². The highest BCUT2D eigenvalue weighted by atomic mass is 32.2. The summed E-state index contributed by atoms with van der Waals surface area (Å²) >= 11 is 0. The lowest BCUT2D eigenvalue weighted by Crippen LogP contribution is -2.42. The van der Waals surface area contributed by atoms with Gasteiger partial charge in [0.15, 0.2) is 4.90 Å². The van der Waals surface area contributed by atoms with E-state index in [1.54, 1.807) is 0 Å². The maximum Gasteiger partial charge on any atom is 0.289 e. The van der Waals surface area contributed by atoms with E-state index in [9.17, 15) is 18.5 Å². The molecule has 0 spiro atoms. The minimum Gasteiger partial charge on any atom is -0.300 e. The first-order valence-electron chi connectivity index (χ1n) is 6.80. The number of rotatable bonds is 8. The van der Waals surface area contributed by atoms with Gasteiger partial charge in [0.05, 0.1) is 4.92 Å². The molecule has 8 heteroatoms. The normalized spacial score (nSPS) is 13.3. The summed E-state index contributed by atoms with van der Waals surface area (Å²) in [5.41, 5.74) is -0.416. The number of nitrogens with one attached hydrogen (secondary N) is 1. The lowest BCUT2D eigenvalue weighted by molar-refractivity contribution is -0.387. The first-order valence-corrected chi connectivity index (χ1v) is 8.28. The maximum absolute atomic E-state index is 12.2. The van der Waals surface area contributed by atoms with Crippen LogP contribution >= 0.6 is 0 Å². The maximum atomic E-state index is 12.2. The number of hydrogen-bond acceptors (Lipinski definition) is 5. The van der Waals surface area contributed by atoms with E-state index in [-0.39, 0.29) is 17.5 Å². The molecule has 0 amide bonds. The molecule has 0 radical (unpaired) electrons. The standard InChI is InChI=1S/C13H21N3O4S/c1-4-15(5-2)11(3)10-14-21(19,20)13-9-7-6-8-12(13)16(17)18/h6-9,11,14H,4-5,10H2,1-3H3. The van der Waals surface area contributed by atoms with E-state index in [1.165, 1.54) is 24.3 Å². The number of benzene rings is 1. The van der Waals surface area contributed by atoms with Crippen LogP contribution in [0.5, 0.6) is 0 Å². The van der Waals surface area contributed by atoms with Crippen molar-refractivity contribution < 1.29 is 13.3 Å². The molecule has 0 aromatic heterocycles. The molecule has 118 valence electrons. The molecule has 0 saturated carbocycles. The molecular weight excluding hydrogens is 294 g/mol. The average Bonchev–Trinajstić information content (AvgIpc) is 2.46. The van der Waals surface area contributed by atoms with E-state index in [1.807, 2.05) is 20.8 Å². The fourth-order valence-corrected chi connectivity index (χ4v) is 3.41. The Morgan fingerprint density at radius 2 is 1.86 bits per heavy atom. The number of nitro benzene ring substituents is 1. The Morgan fingerprint density at radius 3 is 2.38 bits per heavy atom. The fraction of sp³-hybridized carbons (Fsp3) is 0.538. The van der Waals surface area contributed by atoms with E-state index in [0.29, 0.717) is 0 Å². The van der Waals surface area contributed by atoms with Crippen molar-refractivity contribution in [3.63, 3.8) is 0 Å². The summed E-state index contributed by atoms with van der Waals surface area (Å²) in [6.07, 6.45) is 0. The summed E-state index contributed by atoms with van der Waals surface area (Å²) in [4.78, 5) is 12.0. The molecule has 1 aromatic rings. The van der Waals surface area contributed by atoms with Crippen molar-refractivity contribution in [3.8, 4) is 0 Å². The van der Waals surface area contributed by atoms with Crippen LogP contribution in [0.1, 0.15) is 20.8 Å². The van der Waals surface area contributed by atoms with Crippen LogP contribution in [-0.2, 0) is 10.0 Å². The summed E-state index contributed by atoms with van der Waals surface area (Å²) in [5.74, 6) is 0. The molecule has 1 N–H and O–H groups in total. The predicted octanol–water partition coefficient (Wildman–Crippen LogP) is 1.60. The van der Waals surface area contributed by atoms with Gasteiger partial charge in [-0.2, -0.15) is 0 Å².